The van der Waals surface area contributed by atoms with Crippen molar-refractivity contribution >= 4 is 33.0 Å². The van der Waals surface area contributed by atoms with Crippen LogP contribution in [0, 0.1) is 11.6 Å². The van der Waals surface area contributed by atoms with Crippen molar-refractivity contribution in [2.45, 2.75) is 5.03 Å². The van der Waals surface area contributed by atoms with E-state index < -0.39 is 32.4 Å². The second-order valence-corrected chi connectivity index (χ2v) is 5.96. The summed E-state index contributed by atoms with van der Waals surface area (Å²) in [7, 11) is -2.67. The van der Waals surface area contributed by atoms with Gasteiger partial charge in [-0.05, 0) is 18.2 Å². The van der Waals surface area contributed by atoms with E-state index in [2.05, 4.69) is 10.3 Å². The molecule has 2 aromatic rings. The third kappa shape index (κ3) is 3.22. The molecular formula is C12H10ClF2N3O2S. The van der Waals surface area contributed by atoms with Crippen molar-refractivity contribution in [3.05, 3.63) is 47.1 Å². The summed E-state index contributed by atoms with van der Waals surface area (Å²) < 4.78 is 53.1. The molecule has 9 heteroatoms. The van der Waals surface area contributed by atoms with Gasteiger partial charge in [-0.1, -0.05) is 11.6 Å². The van der Waals surface area contributed by atoms with Crippen LogP contribution in [0.5, 0.6) is 0 Å². The Morgan fingerprint density at radius 1 is 1.29 bits per heavy atom. The van der Waals surface area contributed by atoms with Gasteiger partial charge >= 0.3 is 0 Å². The van der Waals surface area contributed by atoms with Crippen LogP contribution in [0.15, 0.2) is 35.5 Å². The number of benzene rings is 1. The van der Waals surface area contributed by atoms with Crippen molar-refractivity contribution in [3.63, 3.8) is 0 Å². The number of nitrogens with zero attached hydrogens (tertiary/aromatic N) is 1. The molecule has 0 fully saturated rings. The summed E-state index contributed by atoms with van der Waals surface area (Å²) >= 11 is 5.66. The summed E-state index contributed by atoms with van der Waals surface area (Å²) in [6, 6.07) is 4.36. The van der Waals surface area contributed by atoms with Crippen LogP contribution in [-0.4, -0.2) is 20.4 Å². The van der Waals surface area contributed by atoms with E-state index in [1.165, 1.54) is 25.4 Å². The van der Waals surface area contributed by atoms with Crippen LogP contribution >= 0.6 is 11.6 Å². The van der Waals surface area contributed by atoms with Gasteiger partial charge in [0.25, 0.3) is 10.0 Å². The third-order valence-corrected chi connectivity index (χ3v) is 4.14. The fraction of sp³-hybridized carbons (Fsp3) is 0.0833. The number of hydrogen-bond acceptors (Lipinski definition) is 4. The lowest BCUT2D eigenvalue weighted by Gasteiger charge is -2.12. The van der Waals surface area contributed by atoms with Gasteiger partial charge in [0.2, 0.25) is 0 Å². The van der Waals surface area contributed by atoms with Crippen molar-refractivity contribution in [2.75, 3.05) is 17.1 Å². The molecule has 5 nitrogen and oxygen atoms in total. The molecule has 1 aromatic carbocycles. The van der Waals surface area contributed by atoms with E-state index in [4.69, 9.17) is 11.6 Å². The Labute approximate surface area is 125 Å². The normalized spacial score (nSPS) is 11.2. The van der Waals surface area contributed by atoms with E-state index in [1.807, 2.05) is 4.72 Å². The largest absolute Gasteiger partial charge is 0.386 e. The lowest BCUT2D eigenvalue weighted by atomic mass is 10.3. The number of anilines is 2. The fourth-order valence-corrected chi connectivity index (χ4v) is 3.15. The van der Waals surface area contributed by atoms with Crippen LogP contribution in [0.1, 0.15) is 0 Å². The maximum Gasteiger partial charge on any atom is 0.281 e. The molecule has 2 rings (SSSR count). The van der Waals surface area contributed by atoms with E-state index in [1.54, 1.807) is 0 Å². The van der Waals surface area contributed by atoms with Gasteiger partial charge in [0.05, 0.1) is 10.7 Å². The molecule has 0 aliphatic rings. The zero-order chi connectivity index (χ0) is 15.6. The van der Waals surface area contributed by atoms with Crippen LogP contribution < -0.4 is 10.0 Å². The topological polar surface area (TPSA) is 71.1 Å². The number of aromatic nitrogens is 1. The molecular weight excluding hydrogens is 324 g/mol. The summed E-state index contributed by atoms with van der Waals surface area (Å²) in [5.74, 6) is -2.03. The van der Waals surface area contributed by atoms with Gasteiger partial charge in [0, 0.05) is 19.3 Å². The molecule has 0 atom stereocenters. The average Bonchev–Trinajstić information content (AvgIpc) is 2.43. The number of sulfonamides is 1. The Balaban J connectivity index is 2.48. The SMILES string of the molecule is CNc1cccnc1S(=O)(=O)Nc1c(F)cc(F)cc1Cl. The first kappa shape index (κ1) is 15.5. The number of rotatable bonds is 4. The van der Waals surface area contributed by atoms with Crippen molar-refractivity contribution in [1.82, 2.24) is 4.98 Å². The van der Waals surface area contributed by atoms with Crippen LogP contribution in [0.4, 0.5) is 20.2 Å². The van der Waals surface area contributed by atoms with E-state index in [0.29, 0.717) is 6.07 Å². The van der Waals surface area contributed by atoms with Crippen LogP contribution in [0.25, 0.3) is 0 Å². The second kappa shape index (κ2) is 5.82. The molecule has 0 saturated carbocycles. The Morgan fingerprint density at radius 2 is 2.00 bits per heavy atom. The van der Waals surface area contributed by atoms with Crippen molar-refractivity contribution < 1.29 is 17.2 Å². The lowest BCUT2D eigenvalue weighted by Crippen LogP contribution is -2.17. The molecule has 0 radical (unpaired) electrons. The highest BCUT2D eigenvalue weighted by atomic mass is 35.5. The lowest BCUT2D eigenvalue weighted by molar-refractivity contribution is 0.582. The van der Waals surface area contributed by atoms with Crippen molar-refractivity contribution in [3.8, 4) is 0 Å². The predicted octanol–water partition coefficient (Wildman–Crippen LogP) is 2.86. The summed E-state index contributed by atoms with van der Waals surface area (Å²) in [5, 5.41) is 1.94. The van der Waals surface area contributed by atoms with Crippen LogP contribution in [0.2, 0.25) is 5.02 Å². The molecule has 112 valence electrons. The molecule has 1 heterocycles. The minimum Gasteiger partial charge on any atom is -0.386 e. The monoisotopic (exact) mass is 333 g/mol. The summed E-state index contributed by atoms with van der Waals surface area (Å²) in [6.07, 6.45) is 1.28. The Kier molecular flexibility index (Phi) is 4.29. The van der Waals surface area contributed by atoms with Crippen LogP contribution in [0.3, 0.4) is 0 Å². The van der Waals surface area contributed by atoms with Gasteiger partial charge in [0.15, 0.2) is 10.8 Å². The van der Waals surface area contributed by atoms with Crippen molar-refractivity contribution in [2.24, 2.45) is 0 Å². The van der Waals surface area contributed by atoms with Gasteiger partial charge in [-0.2, -0.15) is 8.42 Å². The predicted molar refractivity (Wildman–Crippen MR) is 76.0 cm³/mol. The van der Waals surface area contributed by atoms with Gasteiger partial charge in [-0.15, -0.1) is 0 Å². The molecule has 0 bridgehead atoms. The smallest absolute Gasteiger partial charge is 0.281 e. The fourth-order valence-electron chi connectivity index (χ4n) is 1.62. The maximum atomic E-state index is 13.7. The molecule has 0 unspecified atom stereocenters. The number of nitrogens with one attached hydrogen (secondary N) is 2. The molecule has 0 aliphatic carbocycles. The summed E-state index contributed by atoms with van der Waals surface area (Å²) in [6.45, 7) is 0. The number of pyridine rings is 1. The number of hydrogen-bond donors (Lipinski definition) is 2. The standard InChI is InChI=1S/C12H10ClF2N3O2S/c1-16-10-3-2-4-17-12(10)21(19,20)18-11-8(13)5-7(14)6-9(11)15/h2-6,16,18H,1H3. The first-order valence-electron chi connectivity index (χ1n) is 5.65. The van der Waals surface area contributed by atoms with Crippen molar-refractivity contribution in [1.29, 1.82) is 0 Å². The molecule has 0 amide bonds. The van der Waals surface area contributed by atoms with Crippen LogP contribution in [-0.2, 0) is 10.0 Å². The molecule has 21 heavy (non-hydrogen) atoms. The highest BCUT2D eigenvalue weighted by Crippen LogP contribution is 2.29. The molecule has 0 aliphatic heterocycles. The molecule has 1 aromatic heterocycles. The number of halogens is 3. The Morgan fingerprint density at radius 3 is 2.62 bits per heavy atom. The zero-order valence-electron chi connectivity index (χ0n) is 10.7. The molecule has 2 N–H and O–H groups in total. The minimum absolute atomic E-state index is 0.226. The highest BCUT2D eigenvalue weighted by Gasteiger charge is 2.23. The average molecular weight is 334 g/mol. The third-order valence-electron chi connectivity index (χ3n) is 2.54. The van der Waals surface area contributed by atoms with E-state index in [0.717, 1.165) is 6.07 Å². The Hall–Kier alpha value is -1.93. The Bertz CT molecular complexity index is 761. The minimum atomic E-state index is -4.18. The quantitative estimate of drug-likeness (QED) is 0.902. The van der Waals surface area contributed by atoms with Gasteiger partial charge in [-0.25, -0.2) is 13.8 Å². The molecule has 0 spiro atoms. The summed E-state index contributed by atoms with van der Waals surface area (Å²) in [4.78, 5) is 3.74. The summed E-state index contributed by atoms with van der Waals surface area (Å²) in [5.41, 5.74) is -0.311. The first-order chi connectivity index (χ1) is 9.85. The van der Waals surface area contributed by atoms with Gasteiger partial charge in [0.1, 0.15) is 11.5 Å². The zero-order valence-corrected chi connectivity index (χ0v) is 12.3. The van der Waals surface area contributed by atoms with Gasteiger partial charge < -0.3 is 5.32 Å². The van der Waals surface area contributed by atoms with E-state index in [9.17, 15) is 17.2 Å². The van der Waals surface area contributed by atoms with E-state index in [-0.39, 0.29) is 10.7 Å². The maximum absolute atomic E-state index is 13.7. The van der Waals surface area contributed by atoms with Gasteiger partial charge in [-0.3, -0.25) is 4.72 Å². The highest BCUT2D eigenvalue weighted by molar-refractivity contribution is 7.92. The first-order valence-corrected chi connectivity index (χ1v) is 7.51. The second-order valence-electron chi connectivity index (χ2n) is 3.96. The van der Waals surface area contributed by atoms with E-state index >= 15 is 0 Å². The molecule has 0 saturated heterocycles.